The van der Waals surface area contributed by atoms with Crippen LogP contribution in [0.5, 0.6) is 0 Å². The maximum atomic E-state index is 12.9. The molecule has 0 spiro atoms. The number of carboxylic acids is 1. The number of carbonyl (C=O) groups excluding carboxylic acids is 4. The molecule has 0 aliphatic heterocycles. The number of ether oxygens (including phenoxy) is 1. The summed E-state index contributed by atoms with van der Waals surface area (Å²) in [6.45, 7) is 4.42. The Labute approximate surface area is 249 Å². The van der Waals surface area contributed by atoms with Gasteiger partial charge in [0.05, 0.1) is 0 Å². The molecule has 1 aliphatic rings. The fourth-order valence-electron chi connectivity index (χ4n) is 4.49. The van der Waals surface area contributed by atoms with Gasteiger partial charge in [-0.25, -0.2) is 4.79 Å². The van der Waals surface area contributed by atoms with Crippen molar-refractivity contribution < 1.29 is 33.8 Å². The zero-order valence-corrected chi connectivity index (χ0v) is 24.4. The van der Waals surface area contributed by atoms with E-state index in [1.165, 1.54) is 35.7 Å². The van der Waals surface area contributed by atoms with Crippen molar-refractivity contribution in [1.29, 1.82) is 0 Å². The third kappa shape index (κ3) is 9.42. The summed E-state index contributed by atoms with van der Waals surface area (Å²) in [5.41, 5.74) is 14.2. The van der Waals surface area contributed by atoms with Gasteiger partial charge in [-0.05, 0) is 99.2 Å². The van der Waals surface area contributed by atoms with Gasteiger partial charge >= 0.3 is 12.1 Å². The van der Waals surface area contributed by atoms with Crippen LogP contribution < -0.4 is 21.7 Å². The third-order valence-corrected chi connectivity index (χ3v) is 6.43. The van der Waals surface area contributed by atoms with Crippen molar-refractivity contribution in [2.24, 2.45) is 11.5 Å². The minimum absolute atomic E-state index is 0.110. The van der Waals surface area contributed by atoms with Crippen LogP contribution in [0, 0.1) is 0 Å². The number of alkyl carbamates (subject to hydrolysis) is 1. The lowest BCUT2D eigenvalue weighted by Crippen LogP contribution is -2.36. The Kier molecular flexibility index (Phi) is 10.6. The predicted molar refractivity (Wildman–Crippen MR) is 161 cm³/mol. The van der Waals surface area contributed by atoms with E-state index in [1.54, 1.807) is 51.1 Å². The first-order valence-corrected chi connectivity index (χ1v) is 13.6. The van der Waals surface area contributed by atoms with E-state index in [0.717, 1.165) is 17.7 Å². The monoisotopic (exact) mass is 588 g/mol. The molecule has 43 heavy (non-hydrogen) atoms. The largest absolute Gasteiger partial charge is 0.480 e. The number of carbonyl (C=O) groups is 5. The number of rotatable bonds is 8. The lowest BCUT2D eigenvalue weighted by molar-refractivity contribution is -0.135. The first-order valence-electron chi connectivity index (χ1n) is 13.6. The van der Waals surface area contributed by atoms with E-state index in [9.17, 15) is 29.1 Å². The highest BCUT2D eigenvalue weighted by Gasteiger charge is 2.23. The number of aryl methyl sites for hydroxylation is 2. The van der Waals surface area contributed by atoms with Crippen molar-refractivity contribution in [3.8, 4) is 0 Å². The number of hydrogen-bond donors (Lipinski definition) is 4. The summed E-state index contributed by atoms with van der Waals surface area (Å²) in [6, 6.07) is 18.2. The average Bonchev–Trinajstić information content (AvgIpc) is 3.42. The first kappa shape index (κ1) is 32.3. The molecule has 11 heteroatoms. The van der Waals surface area contributed by atoms with Gasteiger partial charge in [-0.3, -0.25) is 24.1 Å². The number of anilines is 1. The molecule has 0 heterocycles. The summed E-state index contributed by atoms with van der Waals surface area (Å²) >= 11 is 0. The fourth-order valence-corrected chi connectivity index (χ4v) is 4.49. The molecule has 3 aromatic rings. The summed E-state index contributed by atoms with van der Waals surface area (Å²) in [6.07, 6.45) is 2.75. The number of primary amides is 2. The summed E-state index contributed by atoms with van der Waals surface area (Å²) in [4.78, 5) is 60.0. The lowest BCUT2D eigenvalue weighted by Gasteiger charge is -2.23. The first-order chi connectivity index (χ1) is 20.2. The van der Waals surface area contributed by atoms with E-state index in [2.05, 4.69) is 5.32 Å². The van der Waals surface area contributed by atoms with Gasteiger partial charge in [0.1, 0.15) is 12.1 Å². The molecule has 6 N–H and O–H groups in total. The molecule has 3 aromatic carbocycles. The van der Waals surface area contributed by atoms with Crippen LogP contribution >= 0.6 is 0 Å². The van der Waals surface area contributed by atoms with Gasteiger partial charge in [-0.1, -0.05) is 24.3 Å². The van der Waals surface area contributed by atoms with E-state index < -0.39 is 36.0 Å². The molecular formula is C32H36N4O7. The van der Waals surface area contributed by atoms with Crippen LogP contribution in [0.25, 0.3) is 0 Å². The second kappa shape index (κ2) is 14.1. The van der Waals surface area contributed by atoms with Crippen molar-refractivity contribution in [2.75, 3.05) is 11.4 Å². The van der Waals surface area contributed by atoms with Crippen molar-refractivity contribution >= 4 is 35.5 Å². The quantitative estimate of drug-likeness (QED) is 0.308. The molecule has 0 unspecified atom stereocenters. The Bertz CT molecular complexity index is 1510. The summed E-state index contributed by atoms with van der Waals surface area (Å²) < 4.78 is 5.18. The number of amides is 4. The second-order valence-corrected chi connectivity index (χ2v) is 10.9. The predicted octanol–water partition coefficient (Wildman–Crippen LogP) is 3.82. The SMILES string of the molecule is CC(C)(C)OC(=O)NCc1cc(N(CC(=O)O)C(=O)c2ccccc2)ccc1C(N)=O.NC(=O)c1ccc2c(c1)CCC2. The van der Waals surface area contributed by atoms with Gasteiger partial charge in [0, 0.05) is 28.9 Å². The molecule has 1 aliphatic carbocycles. The van der Waals surface area contributed by atoms with E-state index >= 15 is 0 Å². The van der Waals surface area contributed by atoms with Crippen LogP contribution in [-0.4, -0.2) is 47.0 Å². The van der Waals surface area contributed by atoms with Crippen molar-refractivity contribution in [3.05, 3.63) is 100 Å². The normalized spacial score (nSPS) is 11.8. The molecule has 4 rings (SSSR count). The molecular weight excluding hydrogens is 552 g/mol. The van der Waals surface area contributed by atoms with Gasteiger partial charge < -0.3 is 26.6 Å². The summed E-state index contributed by atoms with van der Waals surface area (Å²) in [5.74, 6) is -2.80. The standard InChI is InChI=1S/C22H25N3O6.C10H11NO/c1-22(2,3)31-21(30)24-12-15-11-16(9-10-17(15)19(23)28)25(13-18(26)27)20(29)14-7-5-4-6-8-14;11-10(12)9-5-4-7-2-1-3-8(7)6-9/h4-11H,12-13H2,1-3H3,(H2,23,28)(H,24,30)(H,26,27);4-6H,1-3H2,(H2,11,12). The van der Waals surface area contributed by atoms with Gasteiger partial charge in [0.25, 0.3) is 5.91 Å². The second-order valence-electron chi connectivity index (χ2n) is 10.9. The number of carboxylic acid groups (broad SMARTS) is 1. The molecule has 0 saturated carbocycles. The minimum Gasteiger partial charge on any atom is -0.480 e. The highest BCUT2D eigenvalue weighted by atomic mass is 16.6. The van der Waals surface area contributed by atoms with Crippen molar-refractivity contribution in [3.63, 3.8) is 0 Å². The Morgan fingerprint density at radius 1 is 0.860 bits per heavy atom. The summed E-state index contributed by atoms with van der Waals surface area (Å²) in [7, 11) is 0. The molecule has 0 saturated heterocycles. The molecule has 0 bridgehead atoms. The molecule has 0 radical (unpaired) electrons. The minimum atomic E-state index is -1.21. The van der Waals surface area contributed by atoms with Crippen LogP contribution in [-0.2, 0) is 28.9 Å². The van der Waals surface area contributed by atoms with Crippen LogP contribution in [0.3, 0.4) is 0 Å². The van der Waals surface area contributed by atoms with Gasteiger partial charge in [0.15, 0.2) is 0 Å². The number of nitrogens with zero attached hydrogens (tertiary/aromatic N) is 1. The Morgan fingerprint density at radius 3 is 2.14 bits per heavy atom. The Hall–Kier alpha value is -5.19. The summed E-state index contributed by atoms with van der Waals surface area (Å²) in [5, 5.41) is 11.8. The van der Waals surface area contributed by atoms with Crippen LogP contribution in [0.15, 0.2) is 66.7 Å². The zero-order valence-electron chi connectivity index (χ0n) is 24.4. The Balaban J connectivity index is 0.000000347. The number of aliphatic carboxylic acids is 1. The topological polar surface area (TPSA) is 182 Å². The maximum absolute atomic E-state index is 12.9. The smallest absolute Gasteiger partial charge is 0.407 e. The number of fused-ring (bicyclic) bond motifs is 1. The molecule has 0 fully saturated rings. The van der Waals surface area contributed by atoms with Crippen LogP contribution in [0.1, 0.15) is 75.0 Å². The number of hydrogen-bond acceptors (Lipinski definition) is 6. The van der Waals surface area contributed by atoms with Crippen LogP contribution in [0.4, 0.5) is 10.5 Å². The zero-order chi connectivity index (χ0) is 31.7. The fraction of sp³-hybridized carbons (Fsp3) is 0.281. The maximum Gasteiger partial charge on any atom is 0.407 e. The Morgan fingerprint density at radius 2 is 1.53 bits per heavy atom. The van der Waals surface area contributed by atoms with Gasteiger partial charge in [-0.15, -0.1) is 0 Å². The molecule has 0 aromatic heterocycles. The third-order valence-electron chi connectivity index (χ3n) is 6.43. The van der Waals surface area contributed by atoms with Crippen molar-refractivity contribution in [1.82, 2.24) is 5.32 Å². The molecule has 226 valence electrons. The molecule has 11 nitrogen and oxygen atoms in total. The van der Waals surface area contributed by atoms with E-state index in [0.29, 0.717) is 16.7 Å². The highest BCUT2D eigenvalue weighted by molar-refractivity contribution is 6.08. The van der Waals surface area contributed by atoms with E-state index in [-0.39, 0.29) is 23.7 Å². The lowest BCUT2D eigenvalue weighted by atomic mass is 10.0. The van der Waals surface area contributed by atoms with Gasteiger partial charge in [0.2, 0.25) is 11.8 Å². The molecule has 4 amide bonds. The molecule has 0 atom stereocenters. The number of benzene rings is 3. The van der Waals surface area contributed by atoms with E-state index in [4.69, 9.17) is 16.2 Å². The number of nitrogens with one attached hydrogen (secondary N) is 1. The van der Waals surface area contributed by atoms with Gasteiger partial charge in [-0.2, -0.15) is 0 Å². The van der Waals surface area contributed by atoms with Crippen molar-refractivity contribution in [2.45, 2.75) is 52.2 Å². The average molecular weight is 589 g/mol. The van der Waals surface area contributed by atoms with Crippen LogP contribution in [0.2, 0.25) is 0 Å². The highest BCUT2D eigenvalue weighted by Crippen LogP contribution is 2.23. The number of nitrogens with two attached hydrogens (primary N) is 2. The van der Waals surface area contributed by atoms with E-state index in [1.807, 2.05) is 18.2 Å².